The number of aromatic amines is 2. The summed E-state index contributed by atoms with van der Waals surface area (Å²) in [4.78, 5) is 3.41. The van der Waals surface area contributed by atoms with Gasteiger partial charge in [-0.2, -0.15) is 5.10 Å². The highest BCUT2D eigenvalue weighted by Gasteiger charge is 2.21. The zero-order valence-electron chi connectivity index (χ0n) is 15.2. The van der Waals surface area contributed by atoms with E-state index < -0.39 is 7.37 Å². The van der Waals surface area contributed by atoms with Crippen molar-refractivity contribution < 1.29 is 9.09 Å². The summed E-state index contributed by atoms with van der Waals surface area (Å²) in [6.07, 6.45) is 0. The molecule has 0 spiro atoms. The fraction of sp³-hybridized carbons (Fsp3) is 0.0455. The lowest BCUT2D eigenvalue weighted by Crippen LogP contribution is -2.07. The van der Waals surface area contributed by atoms with Gasteiger partial charge in [0.15, 0.2) is 0 Å². The maximum absolute atomic E-state index is 13.1. The van der Waals surface area contributed by atoms with Crippen molar-refractivity contribution in [2.75, 3.05) is 6.66 Å². The van der Waals surface area contributed by atoms with Gasteiger partial charge in [-0.3, -0.25) is 9.66 Å². The third-order valence-electron chi connectivity index (χ3n) is 4.82. The molecule has 0 aliphatic carbocycles. The molecule has 2 heterocycles. The molecule has 0 aliphatic rings. The summed E-state index contributed by atoms with van der Waals surface area (Å²) in [6.45, 7) is 1.64. The first-order chi connectivity index (χ1) is 13.6. The van der Waals surface area contributed by atoms with Crippen LogP contribution >= 0.6 is 7.37 Å². The number of nitrogens with one attached hydrogen (secondary N) is 2. The van der Waals surface area contributed by atoms with Crippen LogP contribution in [-0.4, -0.2) is 21.8 Å². The van der Waals surface area contributed by atoms with Crippen LogP contribution in [0.25, 0.3) is 33.2 Å². The summed E-state index contributed by atoms with van der Waals surface area (Å²) in [5.74, 6) is 0.556. The highest BCUT2D eigenvalue weighted by atomic mass is 31.2. The maximum Gasteiger partial charge on any atom is 0.274 e. The van der Waals surface area contributed by atoms with Gasteiger partial charge in [0.25, 0.3) is 7.37 Å². The van der Waals surface area contributed by atoms with Crippen molar-refractivity contribution in [3.63, 3.8) is 0 Å². The highest BCUT2D eigenvalue weighted by Crippen LogP contribution is 2.43. The summed E-state index contributed by atoms with van der Waals surface area (Å²) >= 11 is 0. The molecule has 6 heteroatoms. The lowest BCUT2D eigenvalue weighted by Gasteiger charge is -2.15. The second-order valence-corrected chi connectivity index (χ2v) is 9.21. The van der Waals surface area contributed by atoms with Gasteiger partial charge in [0.1, 0.15) is 11.4 Å². The number of rotatable bonds is 4. The summed E-state index contributed by atoms with van der Waals surface area (Å²) in [5, 5.41) is 10.3. The minimum atomic E-state index is -2.98. The zero-order valence-corrected chi connectivity index (χ0v) is 16.1. The van der Waals surface area contributed by atoms with Crippen LogP contribution in [0.15, 0.2) is 78.9 Å². The minimum Gasteiger partial charge on any atom is -0.440 e. The average molecular weight is 387 g/mol. The molecule has 2 aromatic heterocycles. The van der Waals surface area contributed by atoms with E-state index in [1.807, 2.05) is 66.7 Å². The lowest BCUT2D eigenvalue weighted by atomic mass is 10.1. The molecule has 3 aromatic carbocycles. The first-order valence-corrected chi connectivity index (χ1v) is 11.1. The molecule has 5 aromatic rings. The molecule has 2 N–H and O–H groups in total. The molecule has 5 rings (SSSR count). The molecule has 28 heavy (non-hydrogen) atoms. The number of para-hydroxylation sites is 1. The van der Waals surface area contributed by atoms with Gasteiger partial charge in [-0.25, -0.2) is 0 Å². The van der Waals surface area contributed by atoms with Crippen molar-refractivity contribution in [2.24, 2.45) is 0 Å². The van der Waals surface area contributed by atoms with Gasteiger partial charge in [-0.1, -0.05) is 36.4 Å². The van der Waals surface area contributed by atoms with Crippen molar-refractivity contribution in [1.29, 1.82) is 0 Å². The van der Waals surface area contributed by atoms with E-state index in [9.17, 15) is 4.57 Å². The first kappa shape index (κ1) is 16.8. The Kier molecular flexibility index (Phi) is 3.85. The molecule has 0 fully saturated rings. The van der Waals surface area contributed by atoms with E-state index in [0.717, 1.165) is 33.2 Å². The number of benzene rings is 3. The van der Waals surface area contributed by atoms with Crippen molar-refractivity contribution in [3.8, 4) is 17.1 Å². The van der Waals surface area contributed by atoms with E-state index in [1.54, 1.807) is 6.66 Å². The fourth-order valence-electron chi connectivity index (χ4n) is 3.41. The quantitative estimate of drug-likeness (QED) is 0.410. The number of aromatic nitrogens is 3. The van der Waals surface area contributed by atoms with Gasteiger partial charge in [0, 0.05) is 28.3 Å². The molecule has 1 atom stereocenters. The molecular formula is C22H18N3O2P. The van der Waals surface area contributed by atoms with E-state index in [-0.39, 0.29) is 0 Å². The van der Waals surface area contributed by atoms with Crippen LogP contribution in [-0.2, 0) is 4.57 Å². The van der Waals surface area contributed by atoms with Crippen LogP contribution in [0.1, 0.15) is 0 Å². The van der Waals surface area contributed by atoms with E-state index in [1.165, 1.54) is 0 Å². The van der Waals surface area contributed by atoms with Crippen LogP contribution in [0.5, 0.6) is 5.75 Å². The molecule has 5 nitrogen and oxygen atoms in total. The summed E-state index contributed by atoms with van der Waals surface area (Å²) in [7, 11) is -2.98. The predicted octanol–water partition coefficient (Wildman–Crippen LogP) is 5.32. The normalized spacial score (nSPS) is 13.6. The maximum atomic E-state index is 13.1. The second-order valence-electron chi connectivity index (χ2n) is 6.82. The molecule has 1 unspecified atom stereocenters. The van der Waals surface area contributed by atoms with Crippen LogP contribution in [0.4, 0.5) is 0 Å². The van der Waals surface area contributed by atoms with E-state index in [2.05, 4.69) is 27.3 Å². The Morgan fingerprint density at radius 1 is 0.893 bits per heavy atom. The Labute approximate surface area is 161 Å². The van der Waals surface area contributed by atoms with Crippen LogP contribution < -0.4 is 9.83 Å². The summed E-state index contributed by atoms with van der Waals surface area (Å²) < 4.78 is 19.0. The third kappa shape index (κ3) is 2.90. The van der Waals surface area contributed by atoms with Gasteiger partial charge in [0.2, 0.25) is 0 Å². The summed E-state index contributed by atoms with van der Waals surface area (Å²) in [5.41, 5.74) is 3.68. The Morgan fingerprint density at radius 3 is 2.50 bits per heavy atom. The van der Waals surface area contributed by atoms with Crippen LogP contribution in [0, 0.1) is 0 Å². The molecule has 0 aliphatic heterocycles. The third-order valence-corrected chi connectivity index (χ3v) is 6.62. The van der Waals surface area contributed by atoms with Gasteiger partial charge in [0.05, 0.1) is 11.2 Å². The van der Waals surface area contributed by atoms with Crippen molar-refractivity contribution in [3.05, 3.63) is 78.9 Å². The first-order valence-electron chi connectivity index (χ1n) is 8.99. The number of H-pyrrole nitrogens is 2. The zero-order chi connectivity index (χ0) is 19.1. The summed E-state index contributed by atoms with van der Waals surface area (Å²) in [6, 6.07) is 25.1. The van der Waals surface area contributed by atoms with Gasteiger partial charge in [-0.05, 0) is 42.5 Å². The molecular weight excluding hydrogens is 369 g/mol. The van der Waals surface area contributed by atoms with E-state index >= 15 is 0 Å². The monoisotopic (exact) mass is 387 g/mol. The van der Waals surface area contributed by atoms with Gasteiger partial charge < -0.3 is 9.51 Å². The topological polar surface area (TPSA) is 70.8 Å². The predicted molar refractivity (Wildman–Crippen MR) is 114 cm³/mol. The van der Waals surface area contributed by atoms with Crippen molar-refractivity contribution in [2.45, 2.75) is 0 Å². The number of hydrogen-bond acceptors (Lipinski definition) is 3. The molecule has 0 saturated heterocycles. The molecule has 0 amide bonds. The minimum absolute atomic E-state index is 0.556. The average Bonchev–Trinajstić information content (AvgIpc) is 3.31. The second kappa shape index (κ2) is 6.39. The van der Waals surface area contributed by atoms with Gasteiger partial charge in [-0.15, -0.1) is 0 Å². The van der Waals surface area contributed by atoms with Crippen molar-refractivity contribution >= 4 is 34.5 Å². The number of fused-ring (bicyclic) bond motifs is 2. The Morgan fingerprint density at radius 2 is 1.68 bits per heavy atom. The molecule has 0 bridgehead atoms. The van der Waals surface area contributed by atoms with Crippen LogP contribution in [0.2, 0.25) is 0 Å². The smallest absolute Gasteiger partial charge is 0.274 e. The Balaban J connectivity index is 1.56. The number of nitrogens with zero attached hydrogens (tertiary/aromatic N) is 1. The number of hydrogen-bond donors (Lipinski definition) is 2. The molecule has 0 saturated carbocycles. The van der Waals surface area contributed by atoms with Gasteiger partial charge >= 0.3 is 0 Å². The standard InChI is InChI=1S/C22H18N3O2P/c1-28(26,17-8-3-2-4-9-17)27-16-11-12-20-18(14-16)22(25-24-20)21-13-15-7-5-6-10-19(15)23-21/h2-14,23H,1H3,(H,24,25). The SMILES string of the molecule is CP(=O)(Oc1ccc2[nH]nc(-c3cc4ccccc4[nH]3)c2c1)c1ccccc1. The van der Waals surface area contributed by atoms with Crippen molar-refractivity contribution in [1.82, 2.24) is 15.2 Å². The fourth-order valence-corrected chi connectivity index (χ4v) is 4.74. The van der Waals surface area contributed by atoms with Crippen LogP contribution in [0.3, 0.4) is 0 Å². The molecule has 0 radical (unpaired) electrons. The largest absolute Gasteiger partial charge is 0.440 e. The van der Waals surface area contributed by atoms with E-state index in [0.29, 0.717) is 11.1 Å². The Bertz CT molecular complexity index is 1300. The van der Waals surface area contributed by atoms with E-state index in [4.69, 9.17) is 4.52 Å². The molecule has 138 valence electrons. The Hall–Kier alpha value is -3.30. The highest BCUT2D eigenvalue weighted by molar-refractivity contribution is 7.66. The lowest BCUT2D eigenvalue weighted by molar-refractivity contribution is 0.499.